The molecule has 470 valence electrons. The summed E-state index contributed by atoms with van der Waals surface area (Å²) in [5.74, 6) is -12.9. The Morgan fingerprint density at radius 2 is 1.05 bits per heavy atom. The molecule has 1 heterocycles. The molecule has 29 heteroatoms. The predicted octanol–water partition coefficient (Wildman–Crippen LogP) is -0.836. The van der Waals surface area contributed by atoms with Crippen LogP contribution in [0.1, 0.15) is 95.8 Å². The number of likely N-dealkylation sites (tertiary alicyclic amines) is 1. The first kappa shape index (κ1) is 70.2. The summed E-state index contributed by atoms with van der Waals surface area (Å²) >= 11 is 0. The van der Waals surface area contributed by atoms with Crippen molar-refractivity contribution in [3.63, 3.8) is 0 Å². The van der Waals surface area contributed by atoms with Gasteiger partial charge >= 0.3 is 19.8 Å². The van der Waals surface area contributed by atoms with Crippen molar-refractivity contribution in [1.82, 2.24) is 42.1 Å². The van der Waals surface area contributed by atoms with Crippen molar-refractivity contribution in [2.24, 2.45) is 29.0 Å². The van der Waals surface area contributed by atoms with Gasteiger partial charge in [0.15, 0.2) is 0 Å². The molecule has 28 nitrogen and oxygen atoms in total. The second-order valence-electron chi connectivity index (χ2n) is 21.6. The minimum atomic E-state index is -4.99. The van der Waals surface area contributed by atoms with E-state index in [0.717, 1.165) is 0 Å². The molecule has 1 saturated heterocycles. The maximum Gasteiger partial charge on any atom is 0.524 e. The fourth-order valence-corrected chi connectivity index (χ4v) is 9.78. The van der Waals surface area contributed by atoms with Gasteiger partial charge in [0.05, 0.1) is 12.5 Å². The summed E-state index contributed by atoms with van der Waals surface area (Å²) in [5.41, 5.74) is 18.8. The zero-order valence-corrected chi connectivity index (χ0v) is 49.2. The lowest BCUT2D eigenvalue weighted by Crippen LogP contribution is -2.62. The summed E-state index contributed by atoms with van der Waals surface area (Å²) in [4.78, 5) is 169. The van der Waals surface area contributed by atoms with E-state index in [1.165, 1.54) is 56.9 Å². The van der Waals surface area contributed by atoms with E-state index >= 15 is 0 Å². The van der Waals surface area contributed by atoms with Gasteiger partial charge in [0.1, 0.15) is 54.1 Å². The van der Waals surface area contributed by atoms with E-state index in [1.807, 2.05) is 0 Å². The van der Waals surface area contributed by atoms with Crippen LogP contribution in [-0.4, -0.2) is 157 Å². The Morgan fingerprint density at radius 1 is 0.593 bits per heavy atom. The average Bonchev–Trinajstić information content (AvgIpc) is 3.46. The molecule has 0 aliphatic carbocycles. The quantitative estimate of drug-likeness (QED) is 0.0252. The van der Waals surface area contributed by atoms with E-state index in [4.69, 9.17) is 17.2 Å². The topological polar surface area (TPSA) is 460 Å². The molecule has 3 aromatic rings. The summed E-state index contributed by atoms with van der Waals surface area (Å²) in [6, 6.07) is 9.04. The summed E-state index contributed by atoms with van der Waals surface area (Å²) in [5, 5.41) is 37.0. The molecule has 0 spiro atoms. The number of carbonyl (C=O) groups excluding carboxylic acids is 9. The van der Waals surface area contributed by atoms with E-state index in [1.54, 1.807) is 60.7 Å². The number of nitrogens with zero attached hydrogens (tertiary/aromatic N) is 1. The van der Waals surface area contributed by atoms with E-state index in [2.05, 4.69) is 41.7 Å². The highest BCUT2D eigenvalue weighted by Crippen LogP contribution is 2.37. The molecular formula is C57H80N11O17P. The first-order chi connectivity index (χ1) is 40.6. The van der Waals surface area contributed by atoms with Gasteiger partial charge in [-0.3, -0.25) is 57.7 Å². The Morgan fingerprint density at radius 3 is 1.53 bits per heavy atom. The lowest BCUT2D eigenvalue weighted by molar-refractivity contribution is -0.143. The normalized spacial score (nSPS) is 15.9. The first-order valence-electron chi connectivity index (χ1n) is 28.1. The molecule has 0 radical (unpaired) electrons. The maximum absolute atomic E-state index is 14.7. The number of carboxylic acids is 2. The van der Waals surface area contributed by atoms with Crippen LogP contribution >= 0.6 is 7.82 Å². The zero-order valence-electron chi connectivity index (χ0n) is 48.3. The molecular weight excluding hydrogens is 1140 g/mol. The number of rotatable bonds is 35. The van der Waals surface area contributed by atoms with Gasteiger partial charge in [0.25, 0.3) is 0 Å². The summed E-state index contributed by atoms with van der Waals surface area (Å²) in [6.07, 6.45) is -0.314. The minimum Gasteiger partial charge on any atom is -0.481 e. The second kappa shape index (κ2) is 34.0. The molecule has 3 aromatic carbocycles. The first-order valence-corrected chi connectivity index (χ1v) is 29.6. The molecule has 9 atom stereocenters. The van der Waals surface area contributed by atoms with Crippen LogP contribution in [0, 0.1) is 11.8 Å². The molecule has 1 aliphatic rings. The van der Waals surface area contributed by atoms with Gasteiger partial charge < -0.3 is 74.1 Å². The number of hydrogen-bond acceptors (Lipinski definition) is 15. The number of amides is 9. The van der Waals surface area contributed by atoms with Gasteiger partial charge in [-0.2, -0.15) is 0 Å². The second-order valence-corrected chi connectivity index (χ2v) is 22.8. The number of hydrogen-bond donors (Lipinski definition) is 14. The number of benzene rings is 3. The molecule has 0 bridgehead atoms. The third-order valence-corrected chi connectivity index (χ3v) is 14.4. The van der Waals surface area contributed by atoms with Crippen LogP contribution in [0.3, 0.4) is 0 Å². The average molecular weight is 1220 g/mol. The van der Waals surface area contributed by atoms with E-state index in [9.17, 15) is 77.3 Å². The number of phosphoric acid groups is 1. The highest BCUT2D eigenvalue weighted by atomic mass is 31.2. The molecule has 1 fully saturated rings. The van der Waals surface area contributed by atoms with Crippen molar-refractivity contribution < 1.29 is 81.8 Å². The molecule has 0 saturated carbocycles. The van der Waals surface area contributed by atoms with Crippen LogP contribution in [0.2, 0.25) is 0 Å². The van der Waals surface area contributed by atoms with Gasteiger partial charge in [-0.15, -0.1) is 0 Å². The van der Waals surface area contributed by atoms with Crippen molar-refractivity contribution in [2.45, 2.75) is 153 Å². The molecule has 86 heavy (non-hydrogen) atoms. The minimum absolute atomic E-state index is 0.108. The number of carbonyl (C=O) groups is 11. The number of unbranched alkanes of at least 4 members (excludes halogenated alkanes) is 1. The fraction of sp³-hybridized carbons (Fsp3) is 0.491. The third-order valence-electron chi connectivity index (χ3n) is 14.0. The molecule has 17 N–H and O–H groups in total. The zero-order chi connectivity index (χ0) is 63.8. The Bertz CT molecular complexity index is 2880. The van der Waals surface area contributed by atoms with Gasteiger partial charge in [0.2, 0.25) is 53.2 Å². The fourth-order valence-electron chi connectivity index (χ4n) is 9.39. The van der Waals surface area contributed by atoms with Crippen molar-refractivity contribution in [3.05, 3.63) is 102 Å². The number of nitrogens with one attached hydrogen (secondary N) is 7. The van der Waals surface area contributed by atoms with Crippen LogP contribution in [-0.2, 0) is 76.6 Å². The highest BCUT2D eigenvalue weighted by molar-refractivity contribution is 7.46. The number of nitrogens with two attached hydrogens (primary N) is 3. The van der Waals surface area contributed by atoms with Crippen molar-refractivity contribution in [2.75, 3.05) is 13.1 Å². The molecule has 0 aromatic heterocycles. The van der Waals surface area contributed by atoms with E-state index in [-0.39, 0.29) is 38.0 Å². The van der Waals surface area contributed by atoms with Gasteiger partial charge in [0, 0.05) is 32.2 Å². The highest BCUT2D eigenvalue weighted by Gasteiger charge is 2.40. The van der Waals surface area contributed by atoms with Crippen molar-refractivity contribution in [3.8, 4) is 5.75 Å². The predicted molar refractivity (Wildman–Crippen MR) is 310 cm³/mol. The molecule has 1 aliphatic heterocycles. The van der Waals surface area contributed by atoms with Crippen molar-refractivity contribution >= 4 is 72.9 Å². The Labute approximate surface area is 497 Å². The van der Waals surface area contributed by atoms with Crippen LogP contribution in [0.5, 0.6) is 5.75 Å². The van der Waals surface area contributed by atoms with E-state index in [0.29, 0.717) is 48.9 Å². The lowest BCUT2D eigenvalue weighted by atomic mass is 9.99. The Kier molecular flexibility index (Phi) is 27.7. The maximum atomic E-state index is 14.7. The molecule has 0 unspecified atom stereocenters. The SMILES string of the molecule is CC(C)[C@H](NC(=O)[C@H](CC(N)=O)NC(=O)[C@@H](NC(=O)[C@H](Cc1ccc(OP(=O)(O)O)cc1)NC(=O)[C@H](Cc1ccccc1)NC(=O)[C@@H]1CCCN1C(=O)[C@@H](N)CCCCN)C(C)C)C(=O)N[C@@H](CCC(=O)O)C(=O)N[C@@H](Cc1ccccc1)C(=O)O. The number of phosphoric ester groups is 1. The van der Waals surface area contributed by atoms with Gasteiger partial charge in [-0.1, -0.05) is 107 Å². The monoisotopic (exact) mass is 1220 g/mol. The van der Waals surface area contributed by atoms with Crippen LogP contribution in [0.25, 0.3) is 0 Å². The lowest BCUT2D eigenvalue weighted by Gasteiger charge is -2.30. The van der Waals surface area contributed by atoms with Crippen molar-refractivity contribution in [1.29, 1.82) is 0 Å². The standard InChI is InChI=1S/C57H80N11O17P/c1-32(2)47(54(77)61-39(24-25-46(70)71)49(72)65-43(57(80)81)30-35-16-9-6-10-17-35)67-52(75)42(31-45(60)69)64-55(78)48(33(3)4)66-51(74)41(29-36-20-22-37(23-21-36)85-86(82,83)84)62-50(73)40(28-34-14-7-5-8-15-34)63-53(76)44-19-13-27-68(44)56(79)38(59)18-11-12-26-58/h5-10,14-17,20-23,32-33,38-44,47-48H,11-13,18-19,24-31,58-59H2,1-4H3,(H2,60,69)(H,61,77)(H,62,73)(H,63,76)(H,64,78)(H,65,72)(H,66,74)(H,67,75)(H,70,71)(H,80,81)(H2,82,83,84)/t38-,39-,40-,41-,42-,43-,44-,47-,48-/m0/s1. The third kappa shape index (κ3) is 23.3. The van der Waals surface area contributed by atoms with Gasteiger partial charge in [-0.05, 0) is 79.3 Å². The number of aliphatic carboxylic acids is 2. The summed E-state index contributed by atoms with van der Waals surface area (Å²) < 4.78 is 16.2. The van der Waals surface area contributed by atoms with Crippen LogP contribution in [0.4, 0.5) is 0 Å². The Hall–Kier alpha value is -8.30. The number of carboxylic acid groups (broad SMARTS) is 2. The number of primary amides is 1. The Balaban J connectivity index is 1.61. The largest absolute Gasteiger partial charge is 0.524 e. The smallest absolute Gasteiger partial charge is 0.481 e. The molecule has 9 amide bonds. The van der Waals surface area contributed by atoms with E-state index < -0.39 is 158 Å². The van der Waals surface area contributed by atoms with Crippen LogP contribution < -0.4 is 58.9 Å². The van der Waals surface area contributed by atoms with Gasteiger partial charge in [-0.25, -0.2) is 9.36 Å². The summed E-state index contributed by atoms with van der Waals surface area (Å²) in [7, 11) is -4.99. The summed E-state index contributed by atoms with van der Waals surface area (Å²) in [6.45, 7) is 6.68. The van der Waals surface area contributed by atoms with Crippen LogP contribution in [0.15, 0.2) is 84.9 Å². The molecule has 4 rings (SSSR count).